The lowest BCUT2D eigenvalue weighted by Gasteiger charge is -2.04. The van der Waals surface area contributed by atoms with E-state index >= 15 is 0 Å². The van der Waals surface area contributed by atoms with Gasteiger partial charge in [-0.05, 0) is 6.07 Å². The first-order valence-electron chi connectivity index (χ1n) is 4.73. The second-order valence-corrected chi connectivity index (χ2v) is 3.41. The Hall–Kier alpha value is -2.28. The molecule has 18 heavy (non-hydrogen) atoms. The summed E-state index contributed by atoms with van der Waals surface area (Å²) >= 11 is 5.76. The summed E-state index contributed by atoms with van der Waals surface area (Å²) in [4.78, 5) is 14.1. The molecule has 0 saturated heterocycles. The largest absolute Gasteiger partial charge is 0.481 e. The molecule has 1 rings (SSSR count). The summed E-state index contributed by atoms with van der Waals surface area (Å²) in [5.41, 5.74) is 8.54. The normalized spacial score (nSPS) is 11.6. The van der Waals surface area contributed by atoms with Gasteiger partial charge in [-0.1, -0.05) is 11.6 Å². The van der Waals surface area contributed by atoms with Crippen LogP contribution in [0.5, 0.6) is 5.88 Å². The van der Waals surface area contributed by atoms with Crippen LogP contribution in [-0.4, -0.2) is 29.0 Å². The molecule has 0 aromatic carbocycles. The molecule has 0 aliphatic rings. The van der Waals surface area contributed by atoms with Crippen LogP contribution in [0.3, 0.4) is 0 Å². The number of amidine groups is 1. The Morgan fingerprint density at radius 1 is 1.67 bits per heavy atom. The number of methoxy groups -OCH3 is 1. The molecule has 96 valence electrons. The van der Waals surface area contributed by atoms with Gasteiger partial charge in [-0.3, -0.25) is 5.43 Å². The molecular weight excluding hydrogens is 260 g/mol. The van der Waals surface area contributed by atoms with E-state index in [1.165, 1.54) is 13.2 Å². The number of nitrogens with one attached hydrogen (secondary N) is 1. The van der Waals surface area contributed by atoms with E-state index in [9.17, 15) is 4.79 Å². The minimum Gasteiger partial charge on any atom is -0.481 e. The number of pyridine rings is 1. The number of ether oxygens (including phenoxy) is 1. The monoisotopic (exact) mass is 270 g/mol. The molecule has 0 atom stereocenters. The van der Waals surface area contributed by atoms with Gasteiger partial charge < -0.3 is 15.6 Å². The molecule has 1 aromatic heterocycles. The van der Waals surface area contributed by atoms with Gasteiger partial charge in [0.05, 0.1) is 7.11 Å². The quantitative estimate of drug-likeness (QED) is 0.237. The van der Waals surface area contributed by atoms with Crippen molar-refractivity contribution in [1.29, 1.82) is 0 Å². The highest BCUT2D eigenvalue weighted by Gasteiger charge is 2.04. The number of aromatic nitrogens is 1. The average Bonchev–Trinajstić information content (AvgIpc) is 2.33. The fourth-order valence-corrected chi connectivity index (χ4v) is 1.21. The zero-order chi connectivity index (χ0) is 13.5. The maximum atomic E-state index is 10.2. The second-order valence-electron chi connectivity index (χ2n) is 3.02. The Kier molecular flexibility index (Phi) is 4.94. The molecule has 1 heterocycles. The molecule has 0 bridgehead atoms. The maximum Gasteiger partial charge on any atom is 0.329 e. The second kappa shape index (κ2) is 6.45. The molecule has 7 nitrogen and oxygen atoms in total. The lowest BCUT2D eigenvalue weighted by Crippen LogP contribution is -2.17. The van der Waals surface area contributed by atoms with Gasteiger partial charge >= 0.3 is 5.97 Å². The molecule has 0 unspecified atom stereocenters. The third-order valence-corrected chi connectivity index (χ3v) is 1.95. The van der Waals surface area contributed by atoms with E-state index in [2.05, 4.69) is 15.5 Å². The van der Waals surface area contributed by atoms with Crippen LogP contribution in [0.4, 0.5) is 0 Å². The first-order chi connectivity index (χ1) is 8.52. The third-order valence-electron chi connectivity index (χ3n) is 1.76. The minimum atomic E-state index is -1.09. The number of rotatable bonds is 5. The number of hydrogen-bond donors (Lipinski definition) is 3. The van der Waals surface area contributed by atoms with Gasteiger partial charge in [0.25, 0.3) is 0 Å². The number of nitrogens with zero attached hydrogens (tertiary/aromatic N) is 2. The molecule has 8 heteroatoms. The van der Waals surface area contributed by atoms with Crippen LogP contribution in [-0.2, 0) is 4.79 Å². The Morgan fingerprint density at radius 2 is 2.39 bits per heavy atom. The summed E-state index contributed by atoms with van der Waals surface area (Å²) in [6, 6.07) is 3.05. The van der Waals surface area contributed by atoms with Crippen LogP contribution in [0.1, 0.15) is 5.56 Å². The number of aliphatic carboxylic acids is 1. The standard InChI is InChI=1S/C10H11ClN4O3/c1-18-8-5-6(4-7(11)14-8)10(12)15-13-3-2-9(16)17/h2-5,13H,1H3,(H2,12,15)(H,16,17)/b3-2-. The smallest absolute Gasteiger partial charge is 0.329 e. The van der Waals surface area contributed by atoms with Gasteiger partial charge in [0.2, 0.25) is 5.88 Å². The highest BCUT2D eigenvalue weighted by molar-refractivity contribution is 6.29. The van der Waals surface area contributed by atoms with Crippen molar-refractivity contribution in [3.63, 3.8) is 0 Å². The van der Waals surface area contributed by atoms with Crippen LogP contribution < -0.4 is 15.9 Å². The predicted octanol–water partition coefficient (Wildman–Crippen LogP) is 0.552. The molecule has 0 radical (unpaired) electrons. The first-order valence-corrected chi connectivity index (χ1v) is 5.11. The molecule has 0 fully saturated rings. The molecule has 0 aliphatic carbocycles. The Bertz CT molecular complexity index is 502. The van der Waals surface area contributed by atoms with Gasteiger partial charge in [0.1, 0.15) is 5.15 Å². The first kappa shape index (κ1) is 13.8. The van der Waals surface area contributed by atoms with Crippen molar-refractivity contribution < 1.29 is 14.6 Å². The number of carboxylic acids is 1. The molecule has 4 N–H and O–H groups in total. The van der Waals surface area contributed by atoms with Crippen LogP contribution in [0.15, 0.2) is 29.5 Å². The minimum absolute atomic E-state index is 0.118. The van der Waals surface area contributed by atoms with Gasteiger partial charge in [0, 0.05) is 23.9 Å². The number of hydrazone groups is 1. The Morgan fingerprint density at radius 3 is 3.00 bits per heavy atom. The van der Waals surface area contributed by atoms with Crippen molar-refractivity contribution in [2.75, 3.05) is 7.11 Å². The van der Waals surface area contributed by atoms with Gasteiger partial charge in [-0.25, -0.2) is 9.78 Å². The molecule has 0 saturated carbocycles. The number of nitrogens with two attached hydrogens (primary N) is 1. The predicted molar refractivity (Wildman–Crippen MR) is 66.4 cm³/mol. The summed E-state index contributed by atoms with van der Waals surface area (Å²) in [6.07, 6.45) is 2.02. The van der Waals surface area contributed by atoms with Crippen LogP contribution in [0.2, 0.25) is 5.15 Å². The summed E-state index contributed by atoms with van der Waals surface area (Å²) in [5.74, 6) is -0.672. The number of carbonyl (C=O) groups is 1. The Balaban J connectivity index is 2.82. The van der Waals surface area contributed by atoms with Crippen LogP contribution >= 0.6 is 11.6 Å². The summed E-state index contributed by atoms with van der Waals surface area (Å²) in [7, 11) is 1.45. The maximum absolute atomic E-state index is 10.2. The van der Waals surface area contributed by atoms with Crippen LogP contribution in [0.25, 0.3) is 0 Å². The van der Waals surface area contributed by atoms with E-state index < -0.39 is 5.97 Å². The Labute approximate surface area is 108 Å². The van der Waals surface area contributed by atoms with E-state index in [-0.39, 0.29) is 11.0 Å². The van der Waals surface area contributed by atoms with E-state index in [0.29, 0.717) is 11.4 Å². The number of halogens is 1. The van der Waals surface area contributed by atoms with Gasteiger partial charge in [0.15, 0.2) is 5.84 Å². The van der Waals surface area contributed by atoms with E-state index in [1.807, 2.05) is 0 Å². The van der Waals surface area contributed by atoms with E-state index in [4.69, 9.17) is 27.2 Å². The third kappa shape index (κ3) is 4.30. The number of hydrogen-bond acceptors (Lipinski definition) is 5. The summed E-state index contributed by atoms with van der Waals surface area (Å²) in [5, 5.41) is 12.3. The fraction of sp³-hybridized carbons (Fsp3) is 0.100. The molecule has 1 aromatic rings. The molecular formula is C10H11ClN4O3. The summed E-state index contributed by atoms with van der Waals surface area (Å²) < 4.78 is 4.92. The van der Waals surface area contributed by atoms with Crippen molar-refractivity contribution in [2.24, 2.45) is 10.8 Å². The lowest BCUT2D eigenvalue weighted by atomic mass is 10.2. The molecule has 0 amide bonds. The highest BCUT2D eigenvalue weighted by atomic mass is 35.5. The van der Waals surface area contributed by atoms with Crippen molar-refractivity contribution in [3.05, 3.63) is 35.1 Å². The van der Waals surface area contributed by atoms with E-state index in [1.54, 1.807) is 6.07 Å². The molecule has 0 aliphatic heterocycles. The van der Waals surface area contributed by atoms with Crippen LogP contribution in [0, 0.1) is 0 Å². The van der Waals surface area contributed by atoms with Crippen molar-refractivity contribution >= 4 is 23.4 Å². The van der Waals surface area contributed by atoms with Crippen molar-refractivity contribution in [2.45, 2.75) is 0 Å². The highest BCUT2D eigenvalue weighted by Crippen LogP contribution is 2.15. The van der Waals surface area contributed by atoms with Gasteiger partial charge in [-0.15, -0.1) is 0 Å². The zero-order valence-electron chi connectivity index (χ0n) is 9.42. The number of carboxylic acid groups (broad SMARTS) is 1. The van der Waals surface area contributed by atoms with Crippen molar-refractivity contribution in [3.8, 4) is 5.88 Å². The van der Waals surface area contributed by atoms with Gasteiger partial charge in [-0.2, -0.15) is 5.10 Å². The fourth-order valence-electron chi connectivity index (χ4n) is 1.01. The summed E-state index contributed by atoms with van der Waals surface area (Å²) in [6.45, 7) is 0. The van der Waals surface area contributed by atoms with Crippen molar-refractivity contribution in [1.82, 2.24) is 10.4 Å². The lowest BCUT2D eigenvalue weighted by molar-refractivity contribution is -0.131. The SMILES string of the molecule is COc1cc(/C(N)=N/N/C=C\C(=O)O)cc(Cl)n1. The van der Waals surface area contributed by atoms with E-state index in [0.717, 1.165) is 12.3 Å². The topological polar surface area (TPSA) is 110 Å². The molecule has 0 spiro atoms. The zero-order valence-corrected chi connectivity index (χ0v) is 10.2. The average molecular weight is 271 g/mol.